The molecule has 1 aromatic carbocycles. The first-order valence-corrected chi connectivity index (χ1v) is 9.40. The van der Waals surface area contributed by atoms with E-state index in [-0.39, 0.29) is 11.5 Å². The molecule has 3 heterocycles. The molecule has 4 heteroatoms. The van der Waals surface area contributed by atoms with E-state index in [1.165, 1.54) is 23.0 Å². The molecule has 1 amide bonds. The van der Waals surface area contributed by atoms with E-state index >= 15 is 0 Å². The lowest BCUT2D eigenvalue weighted by Crippen LogP contribution is -2.50. The number of hydrogen-bond acceptors (Lipinski definition) is 2. The van der Waals surface area contributed by atoms with Crippen LogP contribution in [0.2, 0.25) is 0 Å². The molecule has 0 bridgehead atoms. The van der Waals surface area contributed by atoms with Gasteiger partial charge in [0.1, 0.15) is 5.60 Å². The van der Waals surface area contributed by atoms with Crippen molar-refractivity contribution in [3.63, 3.8) is 0 Å². The summed E-state index contributed by atoms with van der Waals surface area (Å²) in [6.07, 6.45) is 4.31. The fourth-order valence-corrected chi connectivity index (χ4v) is 4.54. The smallest absolute Gasteiger partial charge is 0.410 e. The van der Waals surface area contributed by atoms with Gasteiger partial charge in [-0.15, -0.1) is 0 Å². The van der Waals surface area contributed by atoms with Crippen LogP contribution in [-0.2, 0) is 17.7 Å². The Balaban J connectivity index is 1.55. The monoisotopic (exact) mass is 340 g/mol. The molecule has 1 unspecified atom stereocenters. The van der Waals surface area contributed by atoms with Crippen molar-refractivity contribution in [3.05, 3.63) is 36.0 Å². The van der Waals surface area contributed by atoms with Crippen molar-refractivity contribution in [2.75, 3.05) is 13.1 Å². The highest BCUT2D eigenvalue weighted by Gasteiger charge is 2.41. The van der Waals surface area contributed by atoms with Crippen LogP contribution in [0.15, 0.2) is 30.3 Å². The number of carbonyl (C=O) groups excluding carboxylic acids is 1. The molecule has 2 aromatic rings. The number of aromatic nitrogens is 1. The van der Waals surface area contributed by atoms with Gasteiger partial charge in [0.2, 0.25) is 0 Å². The average molecular weight is 340 g/mol. The number of ether oxygens (including phenoxy) is 1. The Morgan fingerprint density at radius 3 is 2.76 bits per heavy atom. The van der Waals surface area contributed by atoms with E-state index < -0.39 is 5.60 Å². The van der Waals surface area contributed by atoms with E-state index in [9.17, 15) is 4.79 Å². The maximum atomic E-state index is 12.5. The van der Waals surface area contributed by atoms with Gasteiger partial charge in [-0.05, 0) is 69.4 Å². The summed E-state index contributed by atoms with van der Waals surface area (Å²) in [5.74, 6) is 0. The van der Waals surface area contributed by atoms with Gasteiger partial charge in [-0.2, -0.15) is 0 Å². The summed E-state index contributed by atoms with van der Waals surface area (Å²) in [7, 11) is 0. The molecule has 1 saturated heterocycles. The van der Waals surface area contributed by atoms with Gasteiger partial charge < -0.3 is 14.2 Å². The third-order valence-corrected chi connectivity index (χ3v) is 5.63. The first-order chi connectivity index (χ1) is 11.9. The normalized spacial score (nSPS) is 23.7. The fraction of sp³-hybridized carbons (Fsp3) is 0.571. The number of hydrogen-bond donors (Lipinski definition) is 0. The number of benzene rings is 1. The Morgan fingerprint density at radius 2 is 1.96 bits per heavy atom. The van der Waals surface area contributed by atoms with E-state index in [4.69, 9.17) is 4.74 Å². The summed E-state index contributed by atoms with van der Waals surface area (Å²) in [4.78, 5) is 14.5. The number of likely N-dealkylation sites (tertiary alicyclic amines) is 1. The van der Waals surface area contributed by atoms with Crippen molar-refractivity contribution in [3.8, 4) is 0 Å². The molecule has 0 aliphatic carbocycles. The molecule has 1 spiro atoms. The Labute approximate surface area is 149 Å². The summed E-state index contributed by atoms with van der Waals surface area (Å²) in [6, 6.07) is 11.0. The van der Waals surface area contributed by atoms with E-state index in [1.54, 1.807) is 0 Å². The van der Waals surface area contributed by atoms with Crippen LogP contribution in [-0.4, -0.2) is 34.3 Å². The Bertz CT molecular complexity index is 802. The van der Waals surface area contributed by atoms with Gasteiger partial charge in [-0.3, -0.25) is 0 Å². The topological polar surface area (TPSA) is 34.5 Å². The first-order valence-electron chi connectivity index (χ1n) is 9.40. The van der Waals surface area contributed by atoms with Crippen LogP contribution < -0.4 is 0 Å². The number of para-hydroxylation sites is 1. The minimum absolute atomic E-state index is 0.155. The molecule has 134 valence electrons. The maximum absolute atomic E-state index is 12.5. The van der Waals surface area contributed by atoms with E-state index in [2.05, 4.69) is 34.9 Å². The predicted octanol–water partition coefficient (Wildman–Crippen LogP) is 4.60. The van der Waals surface area contributed by atoms with Gasteiger partial charge in [0.25, 0.3) is 0 Å². The highest BCUT2D eigenvalue weighted by Crippen LogP contribution is 2.42. The predicted molar refractivity (Wildman–Crippen MR) is 99.7 cm³/mol. The number of piperidine rings is 1. The second-order valence-corrected chi connectivity index (χ2v) is 8.78. The van der Waals surface area contributed by atoms with Crippen LogP contribution in [0, 0.1) is 5.41 Å². The van der Waals surface area contributed by atoms with Crippen LogP contribution in [0.3, 0.4) is 0 Å². The molecule has 0 radical (unpaired) electrons. The standard InChI is InChI=1S/C21H28N2O2/c1-20(2,3)25-19(24)22-11-6-9-21(15-22)10-12-23-17(14-21)13-16-7-4-5-8-18(16)23/h4-5,7-8,13H,6,9-12,14-15H2,1-3H3. The number of fused-ring (bicyclic) bond motifs is 3. The van der Waals surface area contributed by atoms with Gasteiger partial charge in [-0.1, -0.05) is 18.2 Å². The lowest BCUT2D eigenvalue weighted by atomic mass is 9.72. The number of rotatable bonds is 0. The fourth-order valence-electron chi connectivity index (χ4n) is 4.54. The molecule has 25 heavy (non-hydrogen) atoms. The lowest BCUT2D eigenvalue weighted by molar-refractivity contribution is -0.000560. The van der Waals surface area contributed by atoms with Gasteiger partial charge in [-0.25, -0.2) is 4.79 Å². The molecule has 4 nitrogen and oxygen atoms in total. The molecule has 1 fully saturated rings. The molecule has 1 aromatic heterocycles. The zero-order valence-electron chi connectivity index (χ0n) is 15.5. The molecule has 4 rings (SSSR count). The molecule has 1 atom stereocenters. The summed E-state index contributed by atoms with van der Waals surface area (Å²) >= 11 is 0. The second-order valence-electron chi connectivity index (χ2n) is 8.78. The van der Waals surface area contributed by atoms with E-state index in [1.807, 2.05) is 25.7 Å². The SMILES string of the molecule is CC(C)(C)OC(=O)N1CCCC2(CCn3c(cc4ccccc43)C2)C1. The largest absolute Gasteiger partial charge is 0.444 e. The highest BCUT2D eigenvalue weighted by molar-refractivity contribution is 5.81. The minimum Gasteiger partial charge on any atom is -0.444 e. The zero-order valence-corrected chi connectivity index (χ0v) is 15.5. The third-order valence-electron chi connectivity index (χ3n) is 5.63. The molecule has 0 saturated carbocycles. The van der Waals surface area contributed by atoms with Crippen LogP contribution in [0.4, 0.5) is 4.79 Å². The number of carbonyl (C=O) groups is 1. The first kappa shape index (κ1) is 16.5. The van der Waals surface area contributed by atoms with Crippen molar-refractivity contribution in [2.45, 2.75) is 58.6 Å². The molecule has 2 aliphatic heterocycles. The molecular weight excluding hydrogens is 312 g/mol. The van der Waals surface area contributed by atoms with Crippen molar-refractivity contribution >= 4 is 17.0 Å². The Kier molecular flexibility index (Phi) is 3.82. The molecule has 0 N–H and O–H groups in total. The van der Waals surface area contributed by atoms with E-state index in [0.29, 0.717) is 0 Å². The highest BCUT2D eigenvalue weighted by atomic mass is 16.6. The van der Waals surface area contributed by atoms with Crippen molar-refractivity contribution in [1.82, 2.24) is 9.47 Å². The van der Waals surface area contributed by atoms with Crippen LogP contribution in [0.25, 0.3) is 10.9 Å². The van der Waals surface area contributed by atoms with Crippen molar-refractivity contribution in [1.29, 1.82) is 0 Å². The van der Waals surface area contributed by atoms with Crippen LogP contribution in [0.5, 0.6) is 0 Å². The second kappa shape index (κ2) is 5.79. The molecule has 2 aliphatic rings. The van der Waals surface area contributed by atoms with Crippen LogP contribution in [0.1, 0.15) is 45.7 Å². The number of aryl methyl sites for hydroxylation is 1. The summed E-state index contributed by atoms with van der Waals surface area (Å²) < 4.78 is 8.08. The Morgan fingerprint density at radius 1 is 1.16 bits per heavy atom. The summed E-state index contributed by atoms with van der Waals surface area (Å²) in [5.41, 5.74) is 2.53. The Hall–Kier alpha value is -1.97. The van der Waals surface area contributed by atoms with Crippen LogP contribution >= 0.6 is 0 Å². The third kappa shape index (κ3) is 3.14. The van der Waals surface area contributed by atoms with Crippen molar-refractivity contribution < 1.29 is 9.53 Å². The molecular formula is C21H28N2O2. The van der Waals surface area contributed by atoms with Gasteiger partial charge >= 0.3 is 6.09 Å². The summed E-state index contributed by atoms with van der Waals surface area (Å²) in [6.45, 7) is 8.49. The zero-order chi connectivity index (χ0) is 17.7. The maximum Gasteiger partial charge on any atom is 0.410 e. The van der Waals surface area contributed by atoms with Crippen molar-refractivity contribution in [2.24, 2.45) is 5.41 Å². The average Bonchev–Trinajstić information content (AvgIpc) is 2.90. The summed E-state index contributed by atoms with van der Waals surface area (Å²) in [5, 5.41) is 1.33. The lowest BCUT2D eigenvalue weighted by Gasteiger charge is -2.45. The number of amides is 1. The van der Waals surface area contributed by atoms with Gasteiger partial charge in [0.05, 0.1) is 0 Å². The van der Waals surface area contributed by atoms with E-state index in [0.717, 1.165) is 38.9 Å². The van der Waals surface area contributed by atoms with Gasteiger partial charge in [0, 0.05) is 30.8 Å². The minimum atomic E-state index is -0.430. The number of nitrogens with zero attached hydrogens (tertiary/aromatic N) is 2. The quantitative estimate of drug-likeness (QED) is 0.702. The van der Waals surface area contributed by atoms with Gasteiger partial charge in [0.15, 0.2) is 0 Å².